The molecular formula is C36H47N5O7. The van der Waals surface area contributed by atoms with E-state index in [4.69, 9.17) is 9.47 Å². The van der Waals surface area contributed by atoms with Gasteiger partial charge in [0.05, 0.1) is 17.9 Å². The number of rotatable bonds is 11. The van der Waals surface area contributed by atoms with E-state index in [9.17, 15) is 24.0 Å². The van der Waals surface area contributed by atoms with E-state index in [1.165, 1.54) is 18.9 Å². The van der Waals surface area contributed by atoms with E-state index < -0.39 is 40.6 Å². The standard InChI is InChI=1S/C36H47N5O7/c1-8-47-30(43)26-17-13-12-16-25(26)18-19-27(37-31(44)35(5,6)38-33(46)48-34(2,3)4)29(42)41-21-20-28-36(23-41,32(45)40(7)39-28)22-24-14-10-9-11-15-24/h9-17,27H,8,18-23H2,1-7H3,(H,37,44)(H,38,46)/t27?,36-/m1/s1. The van der Waals surface area contributed by atoms with E-state index in [0.717, 1.165) is 11.3 Å². The quantitative estimate of drug-likeness (QED) is 0.348. The van der Waals surface area contributed by atoms with Gasteiger partial charge in [-0.2, -0.15) is 5.10 Å². The molecule has 1 unspecified atom stereocenters. The van der Waals surface area contributed by atoms with Gasteiger partial charge in [-0.15, -0.1) is 0 Å². The number of benzene rings is 2. The zero-order valence-corrected chi connectivity index (χ0v) is 28.9. The lowest BCUT2D eigenvalue weighted by atomic mass is 9.73. The minimum absolute atomic E-state index is 0.0913. The first-order chi connectivity index (χ1) is 22.6. The predicted molar refractivity (Wildman–Crippen MR) is 180 cm³/mol. The van der Waals surface area contributed by atoms with Crippen LogP contribution in [0.25, 0.3) is 0 Å². The summed E-state index contributed by atoms with van der Waals surface area (Å²) in [4.78, 5) is 68.7. The fourth-order valence-electron chi connectivity index (χ4n) is 6.09. The van der Waals surface area contributed by atoms with Crippen LogP contribution in [0, 0.1) is 5.41 Å². The summed E-state index contributed by atoms with van der Waals surface area (Å²) in [5.74, 6) is -1.64. The third-order valence-corrected chi connectivity index (χ3v) is 8.47. The van der Waals surface area contributed by atoms with E-state index in [0.29, 0.717) is 30.5 Å². The molecule has 2 aromatic rings. The highest BCUT2D eigenvalue weighted by molar-refractivity contribution is 6.13. The molecule has 12 heteroatoms. The first-order valence-electron chi connectivity index (χ1n) is 16.3. The first-order valence-corrected chi connectivity index (χ1v) is 16.3. The Morgan fingerprint density at radius 2 is 1.67 bits per heavy atom. The van der Waals surface area contributed by atoms with Crippen LogP contribution in [0.4, 0.5) is 4.79 Å². The predicted octanol–water partition coefficient (Wildman–Crippen LogP) is 3.87. The molecule has 2 atom stereocenters. The number of esters is 1. The van der Waals surface area contributed by atoms with Gasteiger partial charge in [-0.3, -0.25) is 14.4 Å². The number of aryl methyl sites for hydroxylation is 1. The highest BCUT2D eigenvalue weighted by atomic mass is 16.6. The van der Waals surface area contributed by atoms with Crippen LogP contribution >= 0.6 is 0 Å². The summed E-state index contributed by atoms with van der Waals surface area (Å²) < 4.78 is 10.6. The molecule has 2 heterocycles. The number of nitrogens with zero attached hydrogens (tertiary/aromatic N) is 3. The lowest BCUT2D eigenvalue weighted by molar-refractivity contribution is -0.142. The topological polar surface area (TPSA) is 147 Å². The summed E-state index contributed by atoms with van der Waals surface area (Å²) in [6.45, 7) is 10.5. The molecule has 0 aliphatic carbocycles. The van der Waals surface area contributed by atoms with Gasteiger partial charge in [-0.1, -0.05) is 48.5 Å². The molecule has 1 saturated heterocycles. The van der Waals surface area contributed by atoms with Crippen molar-refractivity contribution in [2.24, 2.45) is 10.5 Å². The summed E-state index contributed by atoms with van der Waals surface area (Å²) in [5.41, 5.74) is -0.539. The number of piperidine rings is 1. The van der Waals surface area contributed by atoms with Crippen molar-refractivity contribution >= 4 is 35.5 Å². The van der Waals surface area contributed by atoms with Crippen LogP contribution in [0.5, 0.6) is 0 Å². The fourth-order valence-corrected chi connectivity index (χ4v) is 6.09. The Morgan fingerprint density at radius 3 is 2.33 bits per heavy atom. The monoisotopic (exact) mass is 661 g/mol. The summed E-state index contributed by atoms with van der Waals surface area (Å²) in [7, 11) is 1.62. The van der Waals surface area contributed by atoms with Gasteiger partial charge < -0.3 is 25.0 Å². The Labute approximate surface area is 282 Å². The van der Waals surface area contributed by atoms with Gasteiger partial charge in [0.2, 0.25) is 11.8 Å². The third-order valence-electron chi connectivity index (χ3n) is 8.47. The zero-order chi connectivity index (χ0) is 35.3. The number of likely N-dealkylation sites (tertiary alicyclic amines) is 1. The Hall–Kier alpha value is -4.74. The summed E-state index contributed by atoms with van der Waals surface area (Å²) in [6.07, 6.45) is 0.399. The van der Waals surface area contributed by atoms with E-state index in [1.807, 2.05) is 30.3 Å². The number of carbonyl (C=O) groups excluding carboxylic acids is 5. The number of hydrazone groups is 1. The van der Waals surface area contributed by atoms with Crippen molar-refractivity contribution in [1.29, 1.82) is 0 Å². The van der Waals surface area contributed by atoms with E-state index >= 15 is 0 Å². The molecule has 0 spiro atoms. The first kappa shape index (κ1) is 36.1. The van der Waals surface area contributed by atoms with Crippen LogP contribution in [0.15, 0.2) is 59.7 Å². The van der Waals surface area contributed by atoms with Crippen LogP contribution < -0.4 is 10.6 Å². The van der Waals surface area contributed by atoms with Gasteiger partial charge in [0, 0.05) is 26.6 Å². The van der Waals surface area contributed by atoms with Gasteiger partial charge in [0.15, 0.2) is 0 Å². The molecule has 0 radical (unpaired) electrons. The summed E-state index contributed by atoms with van der Waals surface area (Å²) in [6, 6.07) is 15.5. The van der Waals surface area contributed by atoms with Crippen LogP contribution in [0.2, 0.25) is 0 Å². The SMILES string of the molecule is CCOC(=O)c1ccccc1CCC(NC(=O)C(C)(C)NC(=O)OC(C)(C)C)C(=O)N1CCC2=NN(C)C(=O)[C@]2(Cc2ccccc2)C1. The lowest BCUT2D eigenvalue weighted by Gasteiger charge is -2.41. The van der Waals surface area contributed by atoms with E-state index in [2.05, 4.69) is 15.7 Å². The lowest BCUT2D eigenvalue weighted by Crippen LogP contribution is -2.62. The smallest absolute Gasteiger partial charge is 0.408 e. The number of nitrogens with one attached hydrogen (secondary N) is 2. The summed E-state index contributed by atoms with van der Waals surface area (Å²) >= 11 is 0. The average Bonchev–Trinajstić information content (AvgIpc) is 3.26. The Kier molecular flexibility index (Phi) is 11.0. The molecule has 2 aromatic carbocycles. The number of fused-ring (bicyclic) bond motifs is 1. The maximum atomic E-state index is 14.4. The zero-order valence-electron chi connectivity index (χ0n) is 28.9. The molecule has 4 rings (SSSR count). The second-order valence-corrected chi connectivity index (χ2v) is 13.8. The van der Waals surface area contributed by atoms with Crippen LogP contribution in [0.1, 0.15) is 75.9 Å². The molecule has 12 nitrogen and oxygen atoms in total. The molecule has 1 fully saturated rings. The summed E-state index contributed by atoms with van der Waals surface area (Å²) in [5, 5.41) is 11.4. The minimum Gasteiger partial charge on any atom is -0.462 e. The van der Waals surface area contributed by atoms with Crippen LogP contribution in [-0.4, -0.2) is 89.3 Å². The number of carbonyl (C=O) groups is 5. The molecule has 2 aliphatic rings. The van der Waals surface area contributed by atoms with E-state index in [1.54, 1.807) is 63.9 Å². The van der Waals surface area contributed by atoms with Gasteiger partial charge in [-0.25, -0.2) is 14.6 Å². The number of hydrogen-bond acceptors (Lipinski definition) is 8. The number of hydrogen-bond donors (Lipinski definition) is 2. The normalized spacial score (nSPS) is 18.4. The third kappa shape index (κ3) is 8.39. The molecule has 4 amide bonds. The Morgan fingerprint density at radius 1 is 1.00 bits per heavy atom. The van der Waals surface area contributed by atoms with Gasteiger partial charge in [-0.05, 0) is 78.0 Å². The maximum Gasteiger partial charge on any atom is 0.408 e. The van der Waals surface area contributed by atoms with E-state index in [-0.39, 0.29) is 37.8 Å². The molecule has 2 N–H and O–H groups in total. The molecular weight excluding hydrogens is 614 g/mol. The molecule has 258 valence electrons. The molecule has 0 saturated carbocycles. The van der Waals surface area contributed by atoms with Crippen molar-refractivity contribution in [3.63, 3.8) is 0 Å². The second-order valence-electron chi connectivity index (χ2n) is 13.8. The van der Waals surface area contributed by atoms with Crippen molar-refractivity contribution in [3.05, 3.63) is 71.3 Å². The fraction of sp³-hybridized carbons (Fsp3) is 0.500. The minimum atomic E-state index is -1.44. The number of amides is 4. The average molecular weight is 662 g/mol. The largest absolute Gasteiger partial charge is 0.462 e. The second kappa shape index (κ2) is 14.6. The van der Waals surface area contributed by atoms with Crippen molar-refractivity contribution in [3.8, 4) is 0 Å². The maximum absolute atomic E-state index is 14.4. The van der Waals surface area contributed by atoms with Gasteiger partial charge >= 0.3 is 12.1 Å². The Bertz CT molecular complexity index is 1570. The molecule has 48 heavy (non-hydrogen) atoms. The molecule has 0 bridgehead atoms. The van der Waals surface area contributed by atoms with Gasteiger partial charge in [0.1, 0.15) is 22.6 Å². The number of ether oxygens (including phenoxy) is 2. The van der Waals surface area contributed by atoms with Crippen LogP contribution in [0.3, 0.4) is 0 Å². The van der Waals surface area contributed by atoms with Crippen molar-refractivity contribution in [2.45, 2.75) is 84.4 Å². The highest BCUT2D eigenvalue weighted by Gasteiger charge is 2.54. The molecule has 0 aromatic heterocycles. The van der Waals surface area contributed by atoms with Crippen LogP contribution in [-0.2, 0) is 36.7 Å². The van der Waals surface area contributed by atoms with Gasteiger partial charge in [0.25, 0.3) is 5.91 Å². The molecule has 2 aliphatic heterocycles. The highest BCUT2D eigenvalue weighted by Crippen LogP contribution is 2.38. The van der Waals surface area contributed by atoms with Crippen molar-refractivity contribution < 1.29 is 33.4 Å². The van der Waals surface area contributed by atoms with Crippen molar-refractivity contribution in [2.75, 3.05) is 26.7 Å². The Balaban J connectivity index is 1.62. The van der Waals surface area contributed by atoms with Crippen molar-refractivity contribution in [1.82, 2.24) is 20.5 Å². The number of alkyl carbamates (subject to hydrolysis) is 1.